The maximum Gasteiger partial charge on any atom is 0.185 e. The number of nitrogens with zero attached hydrogens (tertiary/aromatic N) is 1. The molecule has 206 valence electrons. The summed E-state index contributed by atoms with van der Waals surface area (Å²) in [6.07, 6.45) is 5.83. The molecule has 5 rings (SSSR count). The summed E-state index contributed by atoms with van der Waals surface area (Å²) in [4.78, 5) is 12.1. The van der Waals surface area contributed by atoms with Crippen molar-refractivity contribution in [1.29, 1.82) is 0 Å². The van der Waals surface area contributed by atoms with Gasteiger partial charge in [0.1, 0.15) is 18.5 Å². The maximum absolute atomic E-state index is 12.1. The molecule has 0 spiro atoms. The van der Waals surface area contributed by atoms with E-state index in [1.165, 1.54) is 16.7 Å². The first-order valence-corrected chi connectivity index (χ1v) is 13.9. The Morgan fingerprint density at radius 1 is 1.07 bits per heavy atom. The van der Waals surface area contributed by atoms with Gasteiger partial charge < -0.3 is 20.1 Å². The summed E-state index contributed by atoms with van der Waals surface area (Å²) in [5.74, 6) is 0.822. The Hall–Kier alpha value is -4.04. The van der Waals surface area contributed by atoms with Crippen LogP contribution in [0, 0.1) is 0 Å². The second-order valence-corrected chi connectivity index (χ2v) is 9.69. The van der Waals surface area contributed by atoms with Crippen LogP contribution in [0.25, 0.3) is 22.0 Å². The first-order chi connectivity index (χ1) is 19.7. The van der Waals surface area contributed by atoms with Crippen molar-refractivity contribution in [2.24, 2.45) is 0 Å². The largest absolute Gasteiger partial charge is 0.492 e. The predicted octanol–water partition coefficient (Wildman–Crippen LogP) is 5.01. The van der Waals surface area contributed by atoms with E-state index < -0.39 is 0 Å². The molecule has 1 aromatic heterocycles. The lowest BCUT2D eigenvalue weighted by Crippen LogP contribution is -2.42. The van der Waals surface area contributed by atoms with Gasteiger partial charge in [0.15, 0.2) is 5.78 Å². The van der Waals surface area contributed by atoms with Crippen molar-refractivity contribution in [2.45, 2.75) is 19.4 Å². The molecule has 3 aromatic carbocycles. The highest BCUT2D eigenvalue weighted by Crippen LogP contribution is 2.36. The number of hydrogen-bond acceptors (Lipinski definition) is 6. The summed E-state index contributed by atoms with van der Waals surface area (Å²) in [5.41, 5.74) is 7.04. The molecule has 1 unspecified atom stereocenters. The van der Waals surface area contributed by atoms with E-state index in [9.17, 15) is 4.79 Å². The van der Waals surface area contributed by atoms with Crippen LogP contribution in [0.4, 0.5) is 0 Å². The Morgan fingerprint density at radius 2 is 1.90 bits per heavy atom. The number of ketones is 1. The zero-order valence-corrected chi connectivity index (χ0v) is 22.9. The van der Waals surface area contributed by atoms with Crippen molar-refractivity contribution in [3.05, 3.63) is 108 Å². The lowest BCUT2D eigenvalue weighted by molar-refractivity contribution is -0.126. The fourth-order valence-electron chi connectivity index (χ4n) is 4.95. The minimum Gasteiger partial charge on any atom is -0.492 e. The number of carbonyl (C=O) groups excluding carboxylic acids is 1. The normalized spacial score (nSPS) is 16.3. The van der Waals surface area contributed by atoms with Crippen LogP contribution < -0.4 is 15.4 Å². The highest BCUT2D eigenvalue weighted by molar-refractivity contribution is 6.00. The van der Waals surface area contributed by atoms with E-state index in [2.05, 4.69) is 88.4 Å². The molecule has 7 heteroatoms. The highest BCUT2D eigenvalue weighted by Gasteiger charge is 2.19. The highest BCUT2D eigenvalue weighted by atomic mass is 16.5. The van der Waals surface area contributed by atoms with Crippen LogP contribution in [0.15, 0.2) is 91.1 Å². The zero-order chi connectivity index (χ0) is 27.6. The van der Waals surface area contributed by atoms with E-state index in [4.69, 9.17) is 9.47 Å². The number of H-pyrrole nitrogens is 1. The SMILES string of the molecule is CC/C(=C(/c1ccc(OCCNC/C=C/C(=O)C2CNCCO2)cc1)c1ccc2[nH]ncc2c1)c1ccccc1. The molecule has 1 fully saturated rings. The number of benzene rings is 3. The molecular formula is C33H36N4O3. The number of allylic oxidation sites excluding steroid dienone is 1. The molecule has 1 atom stereocenters. The molecule has 40 heavy (non-hydrogen) atoms. The molecule has 1 aliphatic rings. The van der Waals surface area contributed by atoms with E-state index in [0.717, 1.165) is 40.7 Å². The number of fused-ring (bicyclic) bond motifs is 1. The summed E-state index contributed by atoms with van der Waals surface area (Å²) in [6.45, 7) is 5.95. The average molecular weight is 537 g/mol. The monoisotopic (exact) mass is 536 g/mol. The minimum atomic E-state index is -0.374. The molecule has 1 aliphatic heterocycles. The zero-order valence-electron chi connectivity index (χ0n) is 22.9. The van der Waals surface area contributed by atoms with E-state index >= 15 is 0 Å². The number of carbonyl (C=O) groups is 1. The van der Waals surface area contributed by atoms with E-state index in [0.29, 0.717) is 32.8 Å². The fraction of sp³-hybridized carbons (Fsp3) is 0.273. The van der Waals surface area contributed by atoms with Crippen LogP contribution in [0.1, 0.15) is 30.0 Å². The lowest BCUT2D eigenvalue weighted by Gasteiger charge is -2.21. The van der Waals surface area contributed by atoms with Crippen molar-refractivity contribution in [3.63, 3.8) is 0 Å². The smallest absolute Gasteiger partial charge is 0.185 e. The number of hydrogen-bond donors (Lipinski definition) is 3. The molecule has 7 nitrogen and oxygen atoms in total. The van der Waals surface area contributed by atoms with Gasteiger partial charge >= 0.3 is 0 Å². The summed E-state index contributed by atoms with van der Waals surface area (Å²) in [7, 11) is 0. The topological polar surface area (TPSA) is 88.3 Å². The summed E-state index contributed by atoms with van der Waals surface area (Å²) >= 11 is 0. The average Bonchev–Trinajstić information content (AvgIpc) is 3.49. The van der Waals surface area contributed by atoms with Gasteiger partial charge in [-0.25, -0.2) is 0 Å². The Kier molecular flexibility index (Phi) is 9.53. The van der Waals surface area contributed by atoms with Crippen molar-refractivity contribution in [1.82, 2.24) is 20.8 Å². The molecule has 0 saturated carbocycles. The summed E-state index contributed by atoms with van der Waals surface area (Å²) in [6, 6.07) is 25.3. The van der Waals surface area contributed by atoms with Gasteiger partial charge in [0.2, 0.25) is 0 Å². The summed E-state index contributed by atoms with van der Waals surface area (Å²) in [5, 5.41) is 14.8. The predicted molar refractivity (Wildman–Crippen MR) is 160 cm³/mol. The number of aromatic nitrogens is 2. The van der Waals surface area contributed by atoms with Gasteiger partial charge in [-0.2, -0.15) is 5.10 Å². The van der Waals surface area contributed by atoms with Gasteiger partial charge in [-0.15, -0.1) is 0 Å². The second-order valence-electron chi connectivity index (χ2n) is 9.69. The Bertz CT molecular complexity index is 1450. The molecule has 0 bridgehead atoms. The first-order valence-electron chi connectivity index (χ1n) is 13.9. The maximum atomic E-state index is 12.1. The van der Waals surface area contributed by atoms with Crippen LogP contribution in [0.2, 0.25) is 0 Å². The second kappa shape index (κ2) is 13.8. The van der Waals surface area contributed by atoms with Crippen LogP contribution in [-0.4, -0.2) is 61.5 Å². The third kappa shape index (κ3) is 6.93. The third-order valence-corrected chi connectivity index (χ3v) is 6.99. The first kappa shape index (κ1) is 27.5. The Balaban J connectivity index is 1.23. The van der Waals surface area contributed by atoms with E-state index in [1.54, 1.807) is 6.08 Å². The van der Waals surface area contributed by atoms with Gasteiger partial charge in [-0.1, -0.05) is 61.5 Å². The van der Waals surface area contributed by atoms with Crippen molar-refractivity contribution in [2.75, 3.05) is 39.4 Å². The molecule has 0 aliphatic carbocycles. The molecule has 0 amide bonds. The molecule has 2 heterocycles. The van der Waals surface area contributed by atoms with E-state index in [-0.39, 0.29) is 11.9 Å². The number of nitrogens with one attached hydrogen (secondary N) is 3. The van der Waals surface area contributed by atoms with Crippen LogP contribution in [-0.2, 0) is 9.53 Å². The molecule has 4 aromatic rings. The molecule has 1 saturated heterocycles. The van der Waals surface area contributed by atoms with Gasteiger partial charge in [0, 0.05) is 31.6 Å². The summed E-state index contributed by atoms with van der Waals surface area (Å²) < 4.78 is 11.5. The van der Waals surface area contributed by atoms with Gasteiger partial charge in [0.05, 0.1) is 18.3 Å². The van der Waals surface area contributed by atoms with Gasteiger partial charge in [0.25, 0.3) is 0 Å². The van der Waals surface area contributed by atoms with Crippen LogP contribution in [0.3, 0.4) is 0 Å². The minimum absolute atomic E-state index is 0.00180. The lowest BCUT2D eigenvalue weighted by atomic mass is 9.88. The Morgan fingerprint density at radius 3 is 2.67 bits per heavy atom. The molecule has 3 N–H and O–H groups in total. The van der Waals surface area contributed by atoms with Crippen molar-refractivity contribution in [3.8, 4) is 5.75 Å². The van der Waals surface area contributed by atoms with Gasteiger partial charge in [-0.05, 0) is 64.6 Å². The number of ether oxygens (including phenoxy) is 2. The number of aromatic amines is 1. The van der Waals surface area contributed by atoms with E-state index in [1.807, 2.05) is 24.4 Å². The van der Waals surface area contributed by atoms with Crippen molar-refractivity contribution >= 4 is 27.8 Å². The number of morpholine rings is 1. The molecule has 0 radical (unpaired) electrons. The third-order valence-electron chi connectivity index (χ3n) is 6.99. The van der Waals surface area contributed by atoms with Crippen molar-refractivity contribution < 1.29 is 14.3 Å². The quantitative estimate of drug-likeness (QED) is 0.134. The van der Waals surface area contributed by atoms with Gasteiger partial charge in [-0.3, -0.25) is 9.89 Å². The fourth-order valence-corrected chi connectivity index (χ4v) is 4.95. The Labute approximate surface area is 235 Å². The van der Waals surface area contributed by atoms with Crippen LogP contribution in [0.5, 0.6) is 5.75 Å². The van der Waals surface area contributed by atoms with Crippen LogP contribution >= 0.6 is 0 Å². The number of rotatable bonds is 12. The molecular weight excluding hydrogens is 500 g/mol. The standard InChI is InChI=1S/C33H36N4O3/c1-2-29(24-7-4-3-5-8-24)33(26-12-15-30-27(21-26)22-36-37-30)25-10-13-28(14-11-25)39-19-17-34-16-6-9-31(38)32-23-35-18-20-40-32/h3-15,21-22,32,34-35H,2,16-20,23H2,1H3,(H,36,37)/b9-6+,33-29+.